The van der Waals surface area contributed by atoms with Crippen LogP contribution in [0, 0.1) is 0 Å². The zero-order chi connectivity index (χ0) is 20.1. The van der Waals surface area contributed by atoms with Gasteiger partial charge in [-0.2, -0.15) is 0 Å². The molecular formula is C20H22N2O5S. The Bertz CT molecular complexity index is 956. The molecule has 1 saturated carbocycles. The van der Waals surface area contributed by atoms with E-state index in [2.05, 4.69) is 10.0 Å². The van der Waals surface area contributed by atoms with Gasteiger partial charge in [-0.1, -0.05) is 36.4 Å². The summed E-state index contributed by atoms with van der Waals surface area (Å²) < 4.78 is 32.9. The molecule has 1 aliphatic rings. The highest BCUT2D eigenvalue weighted by atomic mass is 32.2. The summed E-state index contributed by atoms with van der Waals surface area (Å²) in [6.07, 6.45) is 1.88. The molecule has 1 fully saturated rings. The molecule has 28 heavy (non-hydrogen) atoms. The van der Waals surface area contributed by atoms with Gasteiger partial charge in [0.25, 0.3) is 5.91 Å². The van der Waals surface area contributed by atoms with Gasteiger partial charge in [-0.3, -0.25) is 4.79 Å². The lowest BCUT2D eigenvalue weighted by molar-refractivity contribution is -0.124. The van der Waals surface area contributed by atoms with Gasteiger partial charge in [-0.05, 0) is 43.5 Å². The van der Waals surface area contributed by atoms with Crippen LogP contribution in [-0.2, 0) is 19.6 Å². The van der Waals surface area contributed by atoms with Crippen LogP contribution in [0.3, 0.4) is 0 Å². The van der Waals surface area contributed by atoms with Gasteiger partial charge in [0, 0.05) is 12.1 Å². The molecule has 1 aliphatic carbocycles. The largest absolute Gasteiger partial charge is 0.452 e. The molecule has 3 rings (SSSR count). The Hall–Kier alpha value is -2.71. The fourth-order valence-corrected chi connectivity index (χ4v) is 3.89. The maximum atomic E-state index is 12.7. The molecule has 148 valence electrons. The molecule has 8 heteroatoms. The maximum Gasteiger partial charge on any atom is 0.338 e. The van der Waals surface area contributed by atoms with Crippen molar-refractivity contribution in [3.05, 3.63) is 65.7 Å². The molecular weight excluding hydrogens is 380 g/mol. The molecule has 2 N–H and O–H groups in total. The van der Waals surface area contributed by atoms with Crippen molar-refractivity contribution in [1.82, 2.24) is 10.0 Å². The van der Waals surface area contributed by atoms with Crippen molar-refractivity contribution in [2.24, 2.45) is 0 Å². The van der Waals surface area contributed by atoms with Crippen LogP contribution in [0.5, 0.6) is 0 Å². The first-order valence-electron chi connectivity index (χ1n) is 8.99. The van der Waals surface area contributed by atoms with Gasteiger partial charge in [0.05, 0.1) is 10.5 Å². The van der Waals surface area contributed by atoms with Crippen LogP contribution < -0.4 is 10.0 Å². The van der Waals surface area contributed by atoms with Crippen molar-refractivity contribution in [2.45, 2.75) is 36.7 Å². The van der Waals surface area contributed by atoms with Crippen molar-refractivity contribution in [2.75, 3.05) is 6.61 Å². The van der Waals surface area contributed by atoms with Crippen LogP contribution in [0.25, 0.3) is 0 Å². The lowest BCUT2D eigenvalue weighted by atomic mass is 10.1. The van der Waals surface area contributed by atoms with Crippen LogP contribution in [0.4, 0.5) is 0 Å². The molecule has 7 nitrogen and oxygen atoms in total. The van der Waals surface area contributed by atoms with E-state index in [9.17, 15) is 18.0 Å². The molecule has 2 aromatic rings. The third kappa shape index (κ3) is 5.40. The third-order valence-corrected chi connectivity index (χ3v) is 5.83. The number of sulfonamides is 1. The summed E-state index contributed by atoms with van der Waals surface area (Å²) in [5.74, 6) is -1.11. The normalized spacial score (nSPS) is 14.9. The second-order valence-electron chi connectivity index (χ2n) is 6.70. The summed E-state index contributed by atoms with van der Waals surface area (Å²) in [4.78, 5) is 23.7. The summed E-state index contributed by atoms with van der Waals surface area (Å²) in [5, 5.41) is 2.71. The van der Waals surface area contributed by atoms with E-state index in [0.717, 1.165) is 18.4 Å². The van der Waals surface area contributed by atoms with Gasteiger partial charge in [0.1, 0.15) is 0 Å². The monoisotopic (exact) mass is 402 g/mol. The highest BCUT2D eigenvalue weighted by Gasteiger charge is 2.24. The van der Waals surface area contributed by atoms with Crippen LogP contribution >= 0.6 is 0 Å². The SMILES string of the molecule is C[C@@H](NS(=O)(=O)c1cccc(C(=O)OCC(=O)NC2CC2)c1)c1ccccc1. The molecule has 1 amide bonds. The van der Waals surface area contributed by atoms with Crippen molar-refractivity contribution in [3.8, 4) is 0 Å². The Morgan fingerprint density at radius 1 is 1.11 bits per heavy atom. The molecule has 0 saturated heterocycles. The topological polar surface area (TPSA) is 102 Å². The van der Waals surface area contributed by atoms with Gasteiger partial charge in [0.15, 0.2) is 6.61 Å². The van der Waals surface area contributed by atoms with Crippen molar-refractivity contribution < 1.29 is 22.7 Å². The van der Waals surface area contributed by atoms with E-state index in [1.807, 2.05) is 30.3 Å². The first kappa shape index (κ1) is 20.0. The number of amides is 1. The van der Waals surface area contributed by atoms with Gasteiger partial charge >= 0.3 is 5.97 Å². The van der Waals surface area contributed by atoms with Gasteiger partial charge in [-0.15, -0.1) is 0 Å². The first-order chi connectivity index (χ1) is 13.3. The number of hydrogen-bond acceptors (Lipinski definition) is 5. The minimum absolute atomic E-state index is 0.0489. The minimum Gasteiger partial charge on any atom is -0.452 e. The van der Waals surface area contributed by atoms with E-state index in [0.29, 0.717) is 0 Å². The molecule has 0 aliphatic heterocycles. The second kappa shape index (κ2) is 8.53. The molecule has 0 unspecified atom stereocenters. The molecule has 0 radical (unpaired) electrons. The van der Waals surface area contributed by atoms with Crippen molar-refractivity contribution in [3.63, 3.8) is 0 Å². The Kier molecular flexibility index (Phi) is 6.11. The number of ether oxygens (including phenoxy) is 1. The van der Waals surface area contributed by atoms with E-state index < -0.39 is 28.6 Å². The lowest BCUT2D eigenvalue weighted by Crippen LogP contribution is -2.30. The molecule has 0 aromatic heterocycles. The Labute approximate surface area is 164 Å². The summed E-state index contributed by atoms with van der Waals surface area (Å²) >= 11 is 0. The highest BCUT2D eigenvalue weighted by molar-refractivity contribution is 7.89. The minimum atomic E-state index is -3.84. The molecule has 0 heterocycles. The second-order valence-corrected chi connectivity index (χ2v) is 8.41. The average molecular weight is 402 g/mol. The predicted molar refractivity (Wildman–Crippen MR) is 103 cm³/mol. The predicted octanol–water partition coefficient (Wildman–Crippen LogP) is 2.16. The van der Waals surface area contributed by atoms with Gasteiger partial charge < -0.3 is 10.1 Å². The first-order valence-corrected chi connectivity index (χ1v) is 10.5. The highest BCUT2D eigenvalue weighted by Crippen LogP contribution is 2.19. The van der Waals surface area contributed by atoms with E-state index in [4.69, 9.17) is 4.74 Å². The quantitative estimate of drug-likeness (QED) is 0.659. The number of carbonyl (C=O) groups excluding carboxylic acids is 2. The number of hydrogen-bond donors (Lipinski definition) is 2. The van der Waals surface area contributed by atoms with Crippen molar-refractivity contribution >= 4 is 21.9 Å². The van der Waals surface area contributed by atoms with Crippen LogP contribution in [0.15, 0.2) is 59.5 Å². The molecule has 2 aromatic carbocycles. The van der Waals surface area contributed by atoms with Gasteiger partial charge in [0.2, 0.25) is 10.0 Å². The number of carbonyl (C=O) groups is 2. The summed E-state index contributed by atoms with van der Waals surface area (Å²) in [5.41, 5.74) is 0.887. The number of benzene rings is 2. The number of nitrogens with one attached hydrogen (secondary N) is 2. The van der Waals surface area contributed by atoms with Crippen LogP contribution in [-0.4, -0.2) is 32.9 Å². The van der Waals surface area contributed by atoms with Crippen LogP contribution in [0.1, 0.15) is 41.7 Å². The Balaban J connectivity index is 1.65. The summed E-state index contributed by atoms with van der Waals surface area (Å²) in [6.45, 7) is 1.35. The molecule has 0 spiro atoms. The van der Waals surface area contributed by atoms with Crippen molar-refractivity contribution in [1.29, 1.82) is 0 Å². The zero-order valence-electron chi connectivity index (χ0n) is 15.4. The summed E-state index contributed by atoms with van der Waals surface area (Å²) in [7, 11) is -3.84. The van der Waals surface area contributed by atoms with E-state index in [1.165, 1.54) is 24.3 Å². The maximum absolute atomic E-state index is 12.7. The Morgan fingerprint density at radius 2 is 1.82 bits per heavy atom. The van der Waals surface area contributed by atoms with E-state index >= 15 is 0 Å². The summed E-state index contributed by atoms with van der Waals surface area (Å²) in [6, 6.07) is 14.4. The fraction of sp³-hybridized carbons (Fsp3) is 0.300. The Morgan fingerprint density at radius 3 is 2.50 bits per heavy atom. The van der Waals surface area contributed by atoms with Crippen LogP contribution in [0.2, 0.25) is 0 Å². The molecule has 0 bridgehead atoms. The van der Waals surface area contributed by atoms with E-state index in [-0.39, 0.29) is 22.4 Å². The third-order valence-electron chi connectivity index (χ3n) is 4.29. The number of esters is 1. The smallest absolute Gasteiger partial charge is 0.338 e. The zero-order valence-corrected chi connectivity index (χ0v) is 16.2. The fourth-order valence-electron chi connectivity index (χ4n) is 2.61. The molecule has 1 atom stereocenters. The number of rotatable bonds is 8. The average Bonchev–Trinajstić information content (AvgIpc) is 3.50. The van der Waals surface area contributed by atoms with Gasteiger partial charge in [-0.25, -0.2) is 17.9 Å². The lowest BCUT2D eigenvalue weighted by Gasteiger charge is -2.15. The standard InChI is InChI=1S/C20H22N2O5S/c1-14(15-6-3-2-4-7-15)22-28(25,26)18-9-5-8-16(12-18)20(24)27-13-19(23)21-17-10-11-17/h2-9,12,14,17,22H,10-11,13H2,1H3,(H,21,23)/t14-/m1/s1. The van der Waals surface area contributed by atoms with E-state index in [1.54, 1.807) is 6.92 Å².